The van der Waals surface area contributed by atoms with Gasteiger partial charge in [0.25, 0.3) is 0 Å². The van der Waals surface area contributed by atoms with Crippen LogP contribution < -0.4 is 10.2 Å². The Balaban J connectivity index is 1.62. The molecule has 24 heavy (non-hydrogen) atoms. The number of nitrogens with zero attached hydrogens (tertiary/aromatic N) is 7. The first-order valence-corrected chi connectivity index (χ1v) is 8.12. The van der Waals surface area contributed by atoms with Gasteiger partial charge in [-0.1, -0.05) is 5.21 Å². The lowest BCUT2D eigenvalue weighted by Gasteiger charge is -2.35. The van der Waals surface area contributed by atoms with Crippen LogP contribution >= 0.6 is 0 Å². The maximum atomic E-state index is 12.0. The number of carbonyl (C=O) groups excluding carboxylic acids is 1. The van der Waals surface area contributed by atoms with E-state index in [1.54, 1.807) is 11.0 Å². The van der Waals surface area contributed by atoms with Crippen LogP contribution in [0.5, 0.6) is 0 Å². The summed E-state index contributed by atoms with van der Waals surface area (Å²) in [4.78, 5) is 25.0. The zero-order chi connectivity index (χ0) is 17.3. The highest BCUT2D eigenvalue weighted by Gasteiger charge is 2.24. The van der Waals surface area contributed by atoms with Gasteiger partial charge in [0, 0.05) is 38.8 Å². The number of hydrogen-bond donors (Lipinski definition) is 1. The van der Waals surface area contributed by atoms with Gasteiger partial charge in [0.1, 0.15) is 6.33 Å². The van der Waals surface area contributed by atoms with Crippen molar-refractivity contribution in [1.82, 2.24) is 35.2 Å². The summed E-state index contributed by atoms with van der Waals surface area (Å²) < 4.78 is 1.65. The van der Waals surface area contributed by atoms with Crippen LogP contribution in [0, 0.1) is 0 Å². The molecule has 0 bridgehead atoms. The minimum atomic E-state index is -0.197. The molecule has 0 aliphatic carbocycles. The van der Waals surface area contributed by atoms with Gasteiger partial charge < -0.3 is 10.2 Å². The Kier molecular flexibility index (Phi) is 4.35. The maximum Gasteiger partial charge on any atom is 0.234 e. The van der Waals surface area contributed by atoms with Gasteiger partial charge in [-0.25, -0.2) is 14.6 Å². The minimum Gasteiger partial charge on any atom is -0.352 e. The van der Waals surface area contributed by atoms with E-state index in [9.17, 15) is 4.79 Å². The van der Waals surface area contributed by atoms with Crippen LogP contribution in [0.2, 0.25) is 0 Å². The molecular formula is C15H24N8O. The van der Waals surface area contributed by atoms with Crippen molar-refractivity contribution in [3.05, 3.63) is 6.33 Å². The van der Waals surface area contributed by atoms with Crippen molar-refractivity contribution in [3.8, 4) is 0 Å². The van der Waals surface area contributed by atoms with E-state index in [-0.39, 0.29) is 11.4 Å². The third kappa shape index (κ3) is 3.61. The van der Waals surface area contributed by atoms with Crippen LogP contribution in [-0.2, 0) is 11.8 Å². The van der Waals surface area contributed by atoms with E-state index in [4.69, 9.17) is 0 Å². The van der Waals surface area contributed by atoms with Crippen molar-refractivity contribution in [3.63, 3.8) is 0 Å². The van der Waals surface area contributed by atoms with Crippen molar-refractivity contribution in [2.24, 2.45) is 7.05 Å². The number of nitrogens with one attached hydrogen (secondary N) is 1. The quantitative estimate of drug-likeness (QED) is 0.832. The second-order valence-electron chi connectivity index (χ2n) is 7.14. The molecule has 3 rings (SSSR count). The number of rotatable bonds is 3. The van der Waals surface area contributed by atoms with Crippen molar-refractivity contribution in [2.75, 3.05) is 37.6 Å². The van der Waals surface area contributed by atoms with Gasteiger partial charge in [0.15, 0.2) is 17.0 Å². The largest absolute Gasteiger partial charge is 0.352 e. The fraction of sp³-hybridized carbons (Fsp3) is 0.667. The van der Waals surface area contributed by atoms with E-state index in [1.165, 1.54) is 0 Å². The molecule has 0 aromatic carbocycles. The number of anilines is 1. The predicted molar refractivity (Wildman–Crippen MR) is 90.6 cm³/mol. The van der Waals surface area contributed by atoms with Crippen molar-refractivity contribution in [1.29, 1.82) is 0 Å². The average Bonchev–Trinajstić information content (AvgIpc) is 2.88. The first kappa shape index (κ1) is 16.6. The van der Waals surface area contributed by atoms with Crippen molar-refractivity contribution < 1.29 is 4.79 Å². The monoisotopic (exact) mass is 332 g/mol. The highest BCUT2D eigenvalue weighted by Crippen LogP contribution is 2.21. The van der Waals surface area contributed by atoms with Crippen LogP contribution in [0.25, 0.3) is 11.2 Å². The van der Waals surface area contributed by atoms with Crippen LogP contribution in [0.1, 0.15) is 20.8 Å². The number of piperazine rings is 1. The molecule has 0 atom stereocenters. The van der Waals surface area contributed by atoms with E-state index in [2.05, 4.69) is 35.4 Å². The van der Waals surface area contributed by atoms with Gasteiger partial charge >= 0.3 is 0 Å². The van der Waals surface area contributed by atoms with Gasteiger partial charge in [-0.05, 0) is 20.8 Å². The van der Waals surface area contributed by atoms with Gasteiger partial charge in [-0.3, -0.25) is 9.69 Å². The molecule has 2 aromatic heterocycles. The summed E-state index contributed by atoms with van der Waals surface area (Å²) in [5.41, 5.74) is 1.25. The Morgan fingerprint density at radius 2 is 1.92 bits per heavy atom. The molecule has 3 heterocycles. The molecule has 0 spiro atoms. The summed E-state index contributed by atoms with van der Waals surface area (Å²) in [7, 11) is 1.82. The molecule has 1 aliphatic heterocycles. The third-order valence-corrected chi connectivity index (χ3v) is 3.92. The fourth-order valence-corrected chi connectivity index (χ4v) is 2.85. The summed E-state index contributed by atoms with van der Waals surface area (Å²) >= 11 is 0. The molecule has 0 unspecified atom stereocenters. The Labute approximate surface area is 141 Å². The third-order valence-electron chi connectivity index (χ3n) is 3.92. The summed E-state index contributed by atoms with van der Waals surface area (Å²) in [5, 5.41) is 11.2. The van der Waals surface area contributed by atoms with Gasteiger partial charge in [-0.15, -0.1) is 5.10 Å². The van der Waals surface area contributed by atoms with E-state index in [1.807, 2.05) is 27.8 Å². The number of fused-ring (bicyclic) bond motifs is 1. The van der Waals surface area contributed by atoms with Crippen LogP contribution in [0.4, 0.5) is 5.82 Å². The standard InChI is InChI=1S/C15H24N8O/c1-15(2,3)18-11(24)9-22-5-7-23(8-6-22)14-12-13(16-10-17-14)21(4)20-19-12/h10H,5-9H2,1-4H3,(H,18,24). The summed E-state index contributed by atoms with van der Waals surface area (Å²) in [6.07, 6.45) is 1.55. The Hall–Kier alpha value is -2.29. The SMILES string of the molecule is Cn1nnc2c(N3CCN(CC(=O)NC(C)(C)C)CC3)ncnc21. The zero-order valence-electron chi connectivity index (χ0n) is 14.7. The molecule has 1 fully saturated rings. The second kappa shape index (κ2) is 6.31. The van der Waals surface area contributed by atoms with Gasteiger partial charge in [0.2, 0.25) is 5.91 Å². The summed E-state index contributed by atoms with van der Waals surface area (Å²) in [6, 6.07) is 0. The molecule has 1 amide bonds. The topological polar surface area (TPSA) is 92.1 Å². The molecular weight excluding hydrogens is 308 g/mol. The average molecular weight is 332 g/mol. The summed E-state index contributed by atoms with van der Waals surface area (Å²) in [6.45, 7) is 9.61. The first-order chi connectivity index (χ1) is 11.3. The van der Waals surface area contributed by atoms with E-state index >= 15 is 0 Å². The van der Waals surface area contributed by atoms with E-state index < -0.39 is 0 Å². The minimum absolute atomic E-state index is 0.0642. The highest BCUT2D eigenvalue weighted by molar-refractivity contribution is 5.82. The van der Waals surface area contributed by atoms with Crippen molar-refractivity contribution in [2.45, 2.75) is 26.3 Å². The van der Waals surface area contributed by atoms with E-state index in [0.717, 1.165) is 43.2 Å². The lowest BCUT2D eigenvalue weighted by molar-refractivity contribution is -0.123. The van der Waals surface area contributed by atoms with Crippen LogP contribution in [-0.4, -0.2) is 74.0 Å². The maximum absolute atomic E-state index is 12.0. The first-order valence-electron chi connectivity index (χ1n) is 8.12. The lowest BCUT2D eigenvalue weighted by atomic mass is 10.1. The van der Waals surface area contributed by atoms with Gasteiger partial charge in [0.05, 0.1) is 6.54 Å². The molecule has 0 saturated carbocycles. The molecule has 1 saturated heterocycles. The van der Waals surface area contributed by atoms with Gasteiger partial charge in [-0.2, -0.15) is 0 Å². The molecule has 1 N–H and O–H groups in total. The Morgan fingerprint density at radius 3 is 2.58 bits per heavy atom. The molecule has 9 nitrogen and oxygen atoms in total. The normalized spacial score (nSPS) is 16.6. The number of aromatic nitrogens is 5. The number of amides is 1. The molecule has 2 aromatic rings. The second-order valence-corrected chi connectivity index (χ2v) is 7.14. The lowest BCUT2D eigenvalue weighted by Crippen LogP contribution is -2.52. The number of aryl methyl sites for hydroxylation is 1. The molecule has 130 valence electrons. The number of hydrogen-bond acceptors (Lipinski definition) is 7. The number of carbonyl (C=O) groups is 1. The van der Waals surface area contributed by atoms with Crippen LogP contribution in [0.15, 0.2) is 6.33 Å². The summed E-state index contributed by atoms with van der Waals surface area (Å²) in [5.74, 6) is 0.876. The predicted octanol–water partition coefficient (Wildman–Crippen LogP) is -0.205. The smallest absolute Gasteiger partial charge is 0.234 e. The fourth-order valence-electron chi connectivity index (χ4n) is 2.85. The van der Waals surface area contributed by atoms with Crippen LogP contribution in [0.3, 0.4) is 0 Å². The molecule has 9 heteroatoms. The van der Waals surface area contributed by atoms with E-state index in [0.29, 0.717) is 6.54 Å². The van der Waals surface area contributed by atoms with Crippen molar-refractivity contribution >= 4 is 22.9 Å². The Morgan fingerprint density at radius 1 is 1.21 bits per heavy atom. The zero-order valence-corrected chi connectivity index (χ0v) is 14.7. The molecule has 1 aliphatic rings. The Bertz CT molecular complexity index is 727. The highest BCUT2D eigenvalue weighted by atomic mass is 16.2. The molecule has 0 radical (unpaired) electrons.